The van der Waals surface area contributed by atoms with E-state index in [4.69, 9.17) is 0 Å². The Balaban J connectivity index is 2.79. The zero-order valence-electron chi connectivity index (χ0n) is 9.92. The number of carbonyl (C=O) groups excluding carboxylic acids is 1. The number of rotatable bonds is 4. The van der Waals surface area contributed by atoms with Crippen molar-refractivity contribution >= 4 is 5.97 Å². The predicted octanol–water partition coefficient (Wildman–Crippen LogP) is 3.20. The van der Waals surface area contributed by atoms with E-state index in [1.54, 1.807) is 12.1 Å². The van der Waals surface area contributed by atoms with Crippen LogP contribution in [0.3, 0.4) is 0 Å². The van der Waals surface area contributed by atoms with Gasteiger partial charge in [0.25, 0.3) is 0 Å². The molecule has 2 nitrogen and oxygen atoms in total. The molecular formula is C13H17FO2. The summed E-state index contributed by atoms with van der Waals surface area (Å²) >= 11 is 0. The number of halogens is 1. The third-order valence-electron chi connectivity index (χ3n) is 2.47. The minimum atomic E-state index is -0.505. The summed E-state index contributed by atoms with van der Waals surface area (Å²) in [5.41, 5.74) is 0.912. The maximum absolute atomic E-state index is 13.6. The first-order chi connectivity index (χ1) is 7.54. The van der Waals surface area contributed by atoms with E-state index in [0.717, 1.165) is 6.42 Å². The monoisotopic (exact) mass is 224 g/mol. The molecule has 0 aromatic heterocycles. The molecule has 0 N–H and O–H groups in total. The van der Waals surface area contributed by atoms with Crippen LogP contribution in [-0.2, 0) is 11.2 Å². The van der Waals surface area contributed by atoms with Crippen LogP contribution < -0.4 is 0 Å². The van der Waals surface area contributed by atoms with Crippen LogP contribution in [0, 0.1) is 11.7 Å². The van der Waals surface area contributed by atoms with Crippen LogP contribution in [0.15, 0.2) is 18.2 Å². The standard InChI is InChI=1S/C13H17FO2/c1-9(2)4-5-10-6-7-11(8-12(10)14)13(15)16-3/h6-9H,4-5H2,1-3H3. The average Bonchev–Trinajstić information content (AvgIpc) is 2.26. The molecule has 0 heterocycles. The minimum absolute atomic E-state index is 0.258. The number of ether oxygens (including phenoxy) is 1. The molecule has 1 aromatic carbocycles. The largest absolute Gasteiger partial charge is 0.465 e. The van der Waals surface area contributed by atoms with Crippen LogP contribution in [0.2, 0.25) is 0 Å². The number of aryl methyl sites for hydroxylation is 1. The molecule has 16 heavy (non-hydrogen) atoms. The van der Waals surface area contributed by atoms with Gasteiger partial charge in [-0.25, -0.2) is 9.18 Å². The van der Waals surface area contributed by atoms with Crippen molar-refractivity contribution < 1.29 is 13.9 Å². The second-order valence-corrected chi connectivity index (χ2v) is 4.23. The molecule has 0 aliphatic rings. The summed E-state index contributed by atoms with van der Waals surface area (Å²) in [4.78, 5) is 11.2. The second-order valence-electron chi connectivity index (χ2n) is 4.23. The summed E-state index contributed by atoms with van der Waals surface area (Å²) in [7, 11) is 1.28. The van der Waals surface area contributed by atoms with Crippen molar-refractivity contribution in [3.05, 3.63) is 35.1 Å². The molecule has 0 spiro atoms. The van der Waals surface area contributed by atoms with Gasteiger partial charge in [-0.2, -0.15) is 0 Å². The normalized spacial score (nSPS) is 10.6. The van der Waals surface area contributed by atoms with Crippen molar-refractivity contribution in [2.45, 2.75) is 26.7 Å². The Morgan fingerprint density at radius 2 is 2.12 bits per heavy atom. The lowest BCUT2D eigenvalue weighted by molar-refractivity contribution is 0.0600. The summed E-state index contributed by atoms with van der Waals surface area (Å²) < 4.78 is 18.1. The Kier molecular flexibility index (Phi) is 4.47. The highest BCUT2D eigenvalue weighted by Crippen LogP contribution is 2.15. The lowest BCUT2D eigenvalue weighted by Crippen LogP contribution is -2.03. The molecular weight excluding hydrogens is 207 g/mol. The van der Waals surface area contributed by atoms with E-state index in [-0.39, 0.29) is 11.4 Å². The number of esters is 1. The Hall–Kier alpha value is -1.38. The number of methoxy groups -OCH3 is 1. The summed E-state index contributed by atoms with van der Waals surface area (Å²) in [6.07, 6.45) is 1.64. The molecule has 0 amide bonds. The molecule has 0 bridgehead atoms. The van der Waals surface area contributed by atoms with Crippen molar-refractivity contribution in [1.29, 1.82) is 0 Å². The number of hydrogen-bond donors (Lipinski definition) is 0. The maximum Gasteiger partial charge on any atom is 0.337 e. The molecule has 0 unspecified atom stereocenters. The van der Waals surface area contributed by atoms with Crippen molar-refractivity contribution in [2.75, 3.05) is 7.11 Å². The fourth-order valence-electron chi connectivity index (χ4n) is 1.44. The van der Waals surface area contributed by atoms with Crippen molar-refractivity contribution in [3.8, 4) is 0 Å². The zero-order valence-corrected chi connectivity index (χ0v) is 9.92. The highest BCUT2D eigenvalue weighted by molar-refractivity contribution is 5.89. The molecule has 0 fully saturated rings. The summed E-state index contributed by atoms with van der Waals surface area (Å²) in [5.74, 6) is -0.294. The van der Waals surface area contributed by atoms with Gasteiger partial charge in [-0.15, -0.1) is 0 Å². The molecule has 0 aliphatic carbocycles. The summed E-state index contributed by atoms with van der Waals surface area (Å²) in [6, 6.07) is 4.50. The van der Waals surface area contributed by atoms with Crippen LogP contribution in [0.1, 0.15) is 36.2 Å². The van der Waals surface area contributed by atoms with Gasteiger partial charge in [0.1, 0.15) is 5.82 Å². The number of benzene rings is 1. The second kappa shape index (κ2) is 5.64. The van der Waals surface area contributed by atoms with E-state index in [0.29, 0.717) is 17.9 Å². The lowest BCUT2D eigenvalue weighted by Gasteiger charge is -2.07. The van der Waals surface area contributed by atoms with Crippen LogP contribution in [0.5, 0.6) is 0 Å². The van der Waals surface area contributed by atoms with E-state index < -0.39 is 5.97 Å². The Labute approximate surface area is 95.4 Å². The average molecular weight is 224 g/mol. The van der Waals surface area contributed by atoms with Crippen LogP contribution in [0.4, 0.5) is 4.39 Å². The lowest BCUT2D eigenvalue weighted by atomic mass is 10.0. The molecule has 0 saturated heterocycles. The van der Waals surface area contributed by atoms with Crippen LogP contribution in [0.25, 0.3) is 0 Å². The zero-order chi connectivity index (χ0) is 12.1. The predicted molar refractivity (Wildman–Crippen MR) is 60.9 cm³/mol. The van der Waals surface area contributed by atoms with Gasteiger partial charge >= 0.3 is 5.97 Å². The van der Waals surface area contributed by atoms with Crippen molar-refractivity contribution in [2.24, 2.45) is 5.92 Å². The van der Waals surface area contributed by atoms with Crippen LogP contribution >= 0.6 is 0 Å². The van der Waals surface area contributed by atoms with Gasteiger partial charge in [0, 0.05) is 0 Å². The number of hydrogen-bond acceptors (Lipinski definition) is 2. The van der Waals surface area contributed by atoms with Gasteiger partial charge in [-0.3, -0.25) is 0 Å². The Morgan fingerprint density at radius 3 is 2.62 bits per heavy atom. The molecule has 3 heteroatoms. The third-order valence-corrected chi connectivity index (χ3v) is 2.47. The smallest absolute Gasteiger partial charge is 0.337 e. The minimum Gasteiger partial charge on any atom is -0.465 e. The SMILES string of the molecule is COC(=O)c1ccc(CCC(C)C)c(F)c1. The highest BCUT2D eigenvalue weighted by atomic mass is 19.1. The van der Waals surface area contributed by atoms with Crippen molar-refractivity contribution in [1.82, 2.24) is 0 Å². The number of carbonyl (C=O) groups is 1. The Morgan fingerprint density at radius 1 is 1.44 bits per heavy atom. The topological polar surface area (TPSA) is 26.3 Å². The molecule has 0 radical (unpaired) electrons. The van der Waals surface area contributed by atoms with Gasteiger partial charge in [-0.05, 0) is 36.5 Å². The van der Waals surface area contributed by atoms with Gasteiger partial charge in [-0.1, -0.05) is 19.9 Å². The third kappa shape index (κ3) is 3.33. The Bertz CT molecular complexity index is 372. The van der Waals surface area contributed by atoms with E-state index in [1.807, 2.05) is 0 Å². The van der Waals surface area contributed by atoms with Crippen LogP contribution in [-0.4, -0.2) is 13.1 Å². The molecule has 88 valence electrons. The van der Waals surface area contributed by atoms with E-state index in [1.165, 1.54) is 13.2 Å². The van der Waals surface area contributed by atoms with Gasteiger partial charge in [0.15, 0.2) is 0 Å². The van der Waals surface area contributed by atoms with E-state index in [2.05, 4.69) is 18.6 Å². The fraction of sp³-hybridized carbons (Fsp3) is 0.462. The first kappa shape index (κ1) is 12.7. The van der Waals surface area contributed by atoms with Crippen molar-refractivity contribution in [3.63, 3.8) is 0 Å². The van der Waals surface area contributed by atoms with E-state index in [9.17, 15) is 9.18 Å². The van der Waals surface area contributed by atoms with Gasteiger partial charge in [0.05, 0.1) is 12.7 Å². The first-order valence-electron chi connectivity index (χ1n) is 5.41. The molecule has 0 saturated carbocycles. The molecule has 0 atom stereocenters. The summed E-state index contributed by atoms with van der Waals surface area (Å²) in [6.45, 7) is 4.20. The van der Waals surface area contributed by atoms with Gasteiger partial charge < -0.3 is 4.74 Å². The molecule has 1 rings (SSSR count). The molecule has 1 aromatic rings. The quantitative estimate of drug-likeness (QED) is 0.734. The fourth-order valence-corrected chi connectivity index (χ4v) is 1.44. The molecule has 0 aliphatic heterocycles. The first-order valence-corrected chi connectivity index (χ1v) is 5.41. The van der Waals surface area contributed by atoms with E-state index >= 15 is 0 Å². The van der Waals surface area contributed by atoms with Gasteiger partial charge in [0.2, 0.25) is 0 Å². The maximum atomic E-state index is 13.6. The summed E-state index contributed by atoms with van der Waals surface area (Å²) in [5, 5.41) is 0. The highest BCUT2D eigenvalue weighted by Gasteiger charge is 2.09.